The fraction of sp³-hybridized carbons (Fsp3) is 0.444. The standard InChI is InChI=1S/C18H21ClN2/c19-13-6-7-16-15(11-13)14-8-9-20-17(18(14)21-16)10-12-4-2-1-3-5-12/h6-7,10-11,17,20-21H,1-5,8-9H2. The summed E-state index contributed by atoms with van der Waals surface area (Å²) in [6, 6.07) is 6.50. The summed E-state index contributed by atoms with van der Waals surface area (Å²) < 4.78 is 0. The Balaban J connectivity index is 1.75. The maximum absolute atomic E-state index is 6.17. The average molecular weight is 301 g/mol. The van der Waals surface area contributed by atoms with E-state index in [0.29, 0.717) is 6.04 Å². The first kappa shape index (κ1) is 13.4. The number of aromatic amines is 1. The number of fused-ring (bicyclic) bond motifs is 3. The molecule has 0 spiro atoms. The summed E-state index contributed by atoms with van der Waals surface area (Å²) in [6.07, 6.45) is 10.2. The zero-order valence-electron chi connectivity index (χ0n) is 12.2. The Bertz CT molecular complexity index is 691. The van der Waals surface area contributed by atoms with Gasteiger partial charge in [-0.05, 0) is 55.9 Å². The number of halogens is 1. The summed E-state index contributed by atoms with van der Waals surface area (Å²) in [5.74, 6) is 0. The number of rotatable bonds is 1. The third-order valence-electron chi connectivity index (χ3n) is 4.85. The molecule has 1 aliphatic carbocycles. The Morgan fingerprint density at radius 2 is 1.95 bits per heavy atom. The van der Waals surface area contributed by atoms with Crippen LogP contribution < -0.4 is 5.32 Å². The number of hydrogen-bond acceptors (Lipinski definition) is 1. The smallest absolute Gasteiger partial charge is 0.0664 e. The molecule has 1 fully saturated rings. The van der Waals surface area contributed by atoms with Crippen LogP contribution in [0.15, 0.2) is 29.8 Å². The Hall–Kier alpha value is -1.25. The molecule has 1 aliphatic heterocycles. The molecule has 2 N–H and O–H groups in total. The first-order valence-corrected chi connectivity index (χ1v) is 8.42. The van der Waals surface area contributed by atoms with Crippen LogP contribution in [0.4, 0.5) is 0 Å². The molecule has 1 saturated carbocycles. The molecule has 1 unspecified atom stereocenters. The van der Waals surface area contributed by atoms with Gasteiger partial charge >= 0.3 is 0 Å². The lowest BCUT2D eigenvalue weighted by Crippen LogP contribution is -2.28. The first-order chi connectivity index (χ1) is 10.3. The SMILES string of the molecule is Clc1ccc2[nH]c3c(c2c1)CCNC3C=C1CCCCC1. The molecule has 21 heavy (non-hydrogen) atoms. The zero-order chi connectivity index (χ0) is 14.2. The van der Waals surface area contributed by atoms with Gasteiger partial charge in [-0.3, -0.25) is 0 Å². The Kier molecular flexibility index (Phi) is 3.52. The highest BCUT2D eigenvalue weighted by atomic mass is 35.5. The van der Waals surface area contributed by atoms with Crippen molar-refractivity contribution in [3.8, 4) is 0 Å². The van der Waals surface area contributed by atoms with E-state index in [1.165, 1.54) is 54.3 Å². The molecule has 3 heteroatoms. The van der Waals surface area contributed by atoms with Gasteiger partial charge < -0.3 is 10.3 Å². The minimum absolute atomic E-state index is 0.341. The minimum atomic E-state index is 0.341. The fourth-order valence-electron chi connectivity index (χ4n) is 3.78. The molecule has 2 nitrogen and oxygen atoms in total. The van der Waals surface area contributed by atoms with Crippen LogP contribution >= 0.6 is 11.6 Å². The monoisotopic (exact) mass is 300 g/mol. The van der Waals surface area contributed by atoms with Gasteiger partial charge in [-0.1, -0.05) is 29.7 Å². The van der Waals surface area contributed by atoms with E-state index in [9.17, 15) is 0 Å². The number of benzene rings is 1. The second-order valence-corrected chi connectivity index (χ2v) is 6.71. The van der Waals surface area contributed by atoms with Gasteiger partial charge in [-0.15, -0.1) is 0 Å². The van der Waals surface area contributed by atoms with E-state index in [-0.39, 0.29) is 0 Å². The predicted octanol–water partition coefficient (Wildman–Crippen LogP) is 4.90. The summed E-state index contributed by atoms with van der Waals surface area (Å²) in [7, 11) is 0. The van der Waals surface area contributed by atoms with E-state index in [2.05, 4.69) is 28.5 Å². The van der Waals surface area contributed by atoms with Crippen LogP contribution in [0.3, 0.4) is 0 Å². The van der Waals surface area contributed by atoms with Crippen LogP contribution in [0.5, 0.6) is 0 Å². The van der Waals surface area contributed by atoms with Crippen molar-refractivity contribution in [3.05, 3.63) is 46.1 Å². The second-order valence-electron chi connectivity index (χ2n) is 6.27. The van der Waals surface area contributed by atoms with Crippen molar-refractivity contribution in [2.45, 2.75) is 44.6 Å². The molecule has 110 valence electrons. The molecule has 1 atom stereocenters. The number of nitrogens with one attached hydrogen (secondary N) is 2. The van der Waals surface area contributed by atoms with Crippen molar-refractivity contribution in [1.29, 1.82) is 0 Å². The van der Waals surface area contributed by atoms with Gasteiger partial charge in [-0.2, -0.15) is 0 Å². The lowest BCUT2D eigenvalue weighted by atomic mass is 9.91. The Morgan fingerprint density at radius 1 is 1.10 bits per heavy atom. The molecule has 0 amide bonds. The van der Waals surface area contributed by atoms with Gasteiger partial charge in [-0.25, -0.2) is 0 Å². The number of aromatic nitrogens is 1. The van der Waals surface area contributed by atoms with Crippen molar-refractivity contribution in [2.75, 3.05) is 6.54 Å². The summed E-state index contributed by atoms with van der Waals surface area (Å²) in [5, 5.41) is 5.78. The van der Waals surface area contributed by atoms with E-state index in [1.807, 2.05) is 6.07 Å². The van der Waals surface area contributed by atoms with Crippen LogP contribution in [0.25, 0.3) is 10.9 Å². The fourth-order valence-corrected chi connectivity index (χ4v) is 3.95. The molecule has 2 aromatic rings. The Morgan fingerprint density at radius 3 is 2.81 bits per heavy atom. The summed E-state index contributed by atoms with van der Waals surface area (Å²) >= 11 is 6.17. The zero-order valence-corrected chi connectivity index (χ0v) is 13.0. The van der Waals surface area contributed by atoms with Crippen LogP contribution in [-0.4, -0.2) is 11.5 Å². The molecule has 0 saturated heterocycles. The molecule has 1 aromatic heterocycles. The summed E-state index contributed by atoms with van der Waals surface area (Å²) in [4.78, 5) is 3.62. The molecule has 0 bridgehead atoms. The normalized spacial score (nSPS) is 22.3. The number of allylic oxidation sites excluding steroid dienone is 1. The highest BCUT2D eigenvalue weighted by Gasteiger charge is 2.23. The van der Waals surface area contributed by atoms with E-state index >= 15 is 0 Å². The van der Waals surface area contributed by atoms with E-state index in [0.717, 1.165) is 18.0 Å². The van der Waals surface area contributed by atoms with Gasteiger partial charge in [0.15, 0.2) is 0 Å². The third kappa shape index (κ3) is 2.51. The van der Waals surface area contributed by atoms with E-state index < -0.39 is 0 Å². The van der Waals surface area contributed by atoms with E-state index in [1.54, 1.807) is 5.57 Å². The molecule has 1 aromatic carbocycles. The van der Waals surface area contributed by atoms with E-state index in [4.69, 9.17) is 11.6 Å². The molecule has 0 radical (unpaired) electrons. The number of hydrogen-bond donors (Lipinski definition) is 2. The van der Waals surface area contributed by atoms with Crippen molar-refractivity contribution in [2.24, 2.45) is 0 Å². The quantitative estimate of drug-likeness (QED) is 0.720. The topological polar surface area (TPSA) is 27.8 Å². The highest BCUT2D eigenvalue weighted by Crippen LogP contribution is 2.34. The lowest BCUT2D eigenvalue weighted by molar-refractivity contribution is 0.551. The molecular weight excluding hydrogens is 280 g/mol. The Labute approximate surface area is 130 Å². The van der Waals surface area contributed by atoms with Crippen LogP contribution in [0.1, 0.15) is 49.4 Å². The average Bonchev–Trinajstić information content (AvgIpc) is 2.88. The van der Waals surface area contributed by atoms with Gasteiger partial charge in [0, 0.05) is 28.2 Å². The van der Waals surface area contributed by atoms with Crippen molar-refractivity contribution in [3.63, 3.8) is 0 Å². The van der Waals surface area contributed by atoms with Gasteiger partial charge in [0.1, 0.15) is 0 Å². The predicted molar refractivity (Wildman–Crippen MR) is 88.9 cm³/mol. The van der Waals surface area contributed by atoms with Crippen LogP contribution in [0.2, 0.25) is 5.02 Å². The van der Waals surface area contributed by atoms with Crippen molar-refractivity contribution in [1.82, 2.24) is 10.3 Å². The second kappa shape index (κ2) is 5.51. The third-order valence-corrected chi connectivity index (χ3v) is 5.08. The van der Waals surface area contributed by atoms with Gasteiger partial charge in [0.05, 0.1) is 6.04 Å². The summed E-state index contributed by atoms with van der Waals surface area (Å²) in [5.41, 5.74) is 5.63. The first-order valence-electron chi connectivity index (χ1n) is 8.04. The van der Waals surface area contributed by atoms with Crippen molar-refractivity contribution >= 4 is 22.5 Å². The lowest BCUT2D eigenvalue weighted by Gasteiger charge is -2.24. The largest absolute Gasteiger partial charge is 0.357 e. The van der Waals surface area contributed by atoms with Crippen molar-refractivity contribution < 1.29 is 0 Å². The van der Waals surface area contributed by atoms with Crippen LogP contribution in [0, 0.1) is 0 Å². The molecule has 2 heterocycles. The highest BCUT2D eigenvalue weighted by molar-refractivity contribution is 6.31. The molecule has 4 rings (SSSR count). The maximum Gasteiger partial charge on any atom is 0.0664 e. The number of H-pyrrole nitrogens is 1. The van der Waals surface area contributed by atoms with Gasteiger partial charge in [0.2, 0.25) is 0 Å². The van der Waals surface area contributed by atoms with Crippen LogP contribution in [-0.2, 0) is 6.42 Å². The van der Waals surface area contributed by atoms with Gasteiger partial charge in [0.25, 0.3) is 0 Å². The maximum atomic E-state index is 6.17. The summed E-state index contributed by atoms with van der Waals surface area (Å²) in [6.45, 7) is 1.04. The molecule has 2 aliphatic rings. The minimum Gasteiger partial charge on any atom is -0.357 e. The molecular formula is C18H21ClN2.